The van der Waals surface area contributed by atoms with Crippen LogP contribution in [0.15, 0.2) is 36.4 Å². The minimum atomic E-state index is -0.850. The number of rotatable bonds is 4. The summed E-state index contributed by atoms with van der Waals surface area (Å²) in [6.45, 7) is 1.56. The van der Waals surface area contributed by atoms with Crippen molar-refractivity contribution in [3.63, 3.8) is 0 Å². The van der Waals surface area contributed by atoms with Crippen molar-refractivity contribution in [3.8, 4) is 11.8 Å². The molecule has 0 bridgehead atoms. The summed E-state index contributed by atoms with van der Waals surface area (Å²) >= 11 is 17.9. The number of halogens is 3. The third kappa shape index (κ3) is 4.52. The summed E-state index contributed by atoms with van der Waals surface area (Å²) in [5, 5.41) is 12.3. The number of nitrogens with zero attached hydrogens (tertiary/aromatic N) is 1. The van der Waals surface area contributed by atoms with Gasteiger partial charge in [0.15, 0.2) is 11.9 Å². The van der Waals surface area contributed by atoms with Gasteiger partial charge in [-0.2, -0.15) is 5.26 Å². The van der Waals surface area contributed by atoms with Gasteiger partial charge in [-0.3, -0.25) is 4.79 Å². The molecule has 0 saturated heterocycles. The monoisotopic (exact) mass is 368 g/mol. The number of anilines is 1. The molecule has 0 aliphatic carbocycles. The Morgan fingerprint density at radius 1 is 1.22 bits per heavy atom. The van der Waals surface area contributed by atoms with E-state index in [-0.39, 0.29) is 15.8 Å². The van der Waals surface area contributed by atoms with Crippen LogP contribution < -0.4 is 10.1 Å². The molecule has 1 amide bonds. The van der Waals surface area contributed by atoms with Gasteiger partial charge in [-0.05, 0) is 37.3 Å². The number of carbonyl (C=O) groups excluding carboxylic acids is 1. The molecule has 0 heterocycles. The summed E-state index contributed by atoms with van der Waals surface area (Å²) in [5.74, 6) is -0.215. The van der Waals surface area contributed by atoms with Crippen LogP contribution in [0, 0.1) is 11.3 Å². The zero-order valence-electron chi connectivity index (χ0n) is 11.9. The molecular weight excluding hydrogens is 359 g/mol. The predicted octanol–water partition coefficient (Wildman–Crippen LogP) is 4.92. The van der Waals surface area contributed by atoms with E-state index >= 15 is 0 Å². The summed E-state index contributed by atoms with van der Waals surface area (Å²) in [7, 11) is 0. The van der Waals surface area contributed by atoms with Crippen molar-refractivity contribution in [2.45, 2.75) is 13.0 Å². The van der Waals surface area contributed by atoms with E-state index in [4.69, 9.17) is 44.8 Å². The van der Waals surface area contributed by atoms with Crippen molar-refractivity contribution in [2.24, 2.45) is 0 Å². The molecule has 4 nitrogen and oxygen atoms in total. The Labute approximate surface area is 148 Å². The maximum Gasteiger partial charge on any atom is 0.265 e. The van der Waals surface area contributed by atoms with Gasteiger partial charge in [-0.25, -0.2) is 0 Å². The van der Waals surface area contributed by atoms with E-state index in [2.05, 4.69) is 5.32 Å². The first-order valence-electron chi connectivity index (χ1n) is 6.53. The number of nitriles is 1. The standard InChI is InChI=1S/C16H11Cl3N2O2/c1-9(23-15-13(18)6-11(17)7-14(15)19)16(22)21-12-4-2-3-10(5-12)8-20/h2-7,9H,1H3,(H,21,22)/t9-/m1/s1. The van der Waals surface area contributed by atoms with Crippen LogP contribution in [0.2, 0.25) is 15.1 Å². The molecule has 2 aromatic carbocycles. The summed E-state index contributed by atoms with van der Waals surface area (Å²) < 4.78 is 5.52. The molecule has 0 aliphatic heterocycles. The highest BCUT2D eigenvalue weighted by Gasteiger charge is 2.19. The molecule has 0 saturated carbocycles. The van der Waals surface area contributed by atoms with Crippen LogP contribution in [0.3, 0.4) is 0 Å². The summed E-state index contributed by atoms with van der Waals surface area (Å²) in [4.78, 5) is 12.2. The Balaban J connectivity index is 2.10. The van der Waals surface area contributed by atoms with Crippen LogP contribution in [0.1, 0.15) is 12.5 Å². The van der Waals surface area contributed by atoms with Crippen molar-refractivity contribution in [1.82, 2.24) is 0 Å². The van der Waals surface area contributed by atoms with Crippen LogP contribution in [-0.2, 0) is 4.79 Å². The first kappa shape index (κ1) is 17.4. The van der Waals surface area contributed by atoms with Gasteiger partial charge in [0.2, 0.25) is 0 Å². The van der Waals surface area contributed by atoms with Crippen LogP contribution in [-0.4, -0.2) is 12.0 Å². The molecule has 0 spiro atoms. The van der Waals surface area contributed by atoms with Gasteiger partial charge in [0.25, 0.3) is 5.91 Å². The third-order valence-corrected chi connectivity index (χ3v) is 3.67. The summed E-state index contributed by atoms with van der Waals surface area (Å²) in [5.41, 5.74) is 0.943. The minimum Gasteiger partial charge on any atom is -0.478 e. The number of carbonyl (C=O) groups is 1. The van der Waals surface area contributed by atoms with Gasteiger partial charge in [0, 0.05) is 10.7 Å². The number of nitrogens with one attached hydrogen (secondary N) is 1. The smallest absolute Gasteiger partial charge is 0.265 e. The first-order chi connectivity index (χ1) is 10.9. The van der Waals surface area contributed by atoms with Crippen LogP contribution in [0.25, 0.3) is 0 Å². The molecule has 0 radical (unpaired) electrons. The number of hydrogen-bond donors (Lipinski definition) is 1. The lowest BCUT2D eigenvalue weighted by atomic mass is 10.2. The quantitative estimate of drug-likeness (QED) is 0.831. The fourth-order valence-corrected chi connectivity index (χ4v) is 2.69. The average Bonchev–Trinajstić information content (AvgIpc) is 2.50. The maximum absolute atomic E-state index is 12.2. The Bertz CT molecular complexity index is 764. The third-order valence-electron chi connectivity index (χ3n) is 2.89. The molecule has 2 aromatic rings. The van der Waals surface area contributed by atoms with Crippen molar-refractivity contribution in [3.05, 3.63) is 57.0 Å². The lowest BCUT2D eigenvalue weighted by Crippen LogP contribution is -2.30. The van der Waals surface area contributed by atoms with E-state index in [0.717, 1.165) is 0 Å². The molecule has 0 aliphatic rings. The molecule has 2 rings (SSSR count). The molecule has 118 valence electrons. The second kappa shape index (κ2) is 7.56. The topological polar surface area (TPSA) is 62.1 Å². The van der Waals surface area contributed by atoms with E-state index in [1.165, 1.54) is 12.1 Å². The van der Waals surface area contributed by atoms with E-state index in [9.17, 15) is 4.79 Å². The molecule has 0 fully saturated rings. The second-order valence-electron chi connectivity index (χ2n) is 4.64. The van der Waals surface area contributed by atoms with E-state index < -0.39 is 12.0 Å². The molecular formula is C16H11Cl3N2O2. The minimum absolute atomic E-state index is 0.186. The van der Waals surface area contributed by atoms with Gasteiger partial charge >= 0.3 is 0 Å². The highest BCUT2D eigenvalue weighted by atomic mass is 35.5. The SMILES string of the molecule is C[C@@H](Oc1c(Cl)cc(Cl)cc1Cl)C(=O)Nc1cccc(C#N)c1. The van der Waals surface area contributed by atoms with E-state index in [1.54, 1.807) is 31.2 Å². The van der Waals surface area contributed by atoms with Crippen molar-refractivity contribution in [2.75, 3.05) is 5.32 Å². The number of amides is 1. The van der Waals surface area contributed by atoms with Crippen LogP contribution in [0.4, 0.5) is 5.69 Å². The Morgan fingerprint density at radius 3 is 2.48 bits per heavy atom. The Hall–Kier alpha value is -1.93. The fourth-order valence-electron chi connectivity index (χ4n) is 1.78. The molecule has 0 unspecified atom stereocenters. The molecule has 0 aromatic heterocycles. The van der Waals surface area contributed by atoms with Gasteiger partial charge < -0.3 is 10.1 Å². The van der Waals surface area contributed by atoms with E-state index in [0.29, 0.717) is 16.3 Å². The second-order valence-corrected chi connectivity index (χ2v) is 5.89. The molecule has 1 N–H and O–H groups in total. The van der Waals surface area contributed by atoms with Crippen molar-refractivity contribution >= 4 is 46.4 Å². The molecule has 7 heteroatoms. The van der Waals surface area contributed by atoms with Gasteiger partial charge in [-0.1, -0.05) is 40.9 Å². The maximum atomic E-state index is 12.2. The summed E-state index contributed by atoms with van der Waals surface area (Å²) in [6, 6.07) is 11.5. The van der Waals surface area contributed by atoms with E-state index in [1.807, 2.05) is 6.07 Å². The highest BCUT2D eigenvalue weighted by molar-refractivity contribution is 6.40. The van der Waals surface area contributed by atoms with Crippen molar-refractivity contribution in [1.29, 1.82) is 5.26 Å². The zero-order valence-corrected chi connectivity index (χ0v) is 14.2. The van der Waals surface area contributed by atoms with Crippen LogP contribution >= 0.6 is 34.8 Å². The normalized spacial score (nSPS) is 11.4. The molecule has 23 heavy (non-hydrogen) atoms. The summed E-state index contributed by atoms with van der Waals surface area (Å²) in [6.07, 6.45) is -0.850. The number of hydrogen-bond acceptors (Lipinski definition) is 3. The first-order valence-corrected chi connectivity index (χ1v) is 7.66. The lowest BCUT2D eigenvalue weighted by molar-refractivity contribution is -0.122. The number of ether oxygens (including phenoxy) is 1. The molecule has 1 atom stereocenters. The fraction of sp³-hybridized carbons (Fsp3) is 0.125. The van der Waals surface area contributed by atoms with Crippen molar-refractivity contribution < 1.29 is 9.53 Å². The predicted molar refractivity (Wildman–Crippen MR) is 91.3 cm³/mol. The zero-order chi connectivity index (χ0) is 17.0. The van der Waals surface area contributed by atoms with Gasteiger partial charge in [-0.15, -0.1) is 0 Å². The highest BCUT2D eigenvalue weighted by Crippen LogP contribution is 2.36. The van der Waals surface area contributed by atoms with Gasteiger partial charge in [0.1, 0.15) is 0 Å². The lowest BCUT2D eigenvalue weighted by Gasteiger charge is -2.17. The van der Waals surface area contributed by atoms with Gasteiger partial charge in [0.05, 0.1) is 21.7 Å². The number of benzene rings is 2. The largest absolute Gasteiger partial charge is 0.478 e. The Morgan fingerprint density at radius 2 is 1.87 bits per heavy atom. The average molecular weight is 370 g/mol. The van der Waals surface area contributed by atoms with Crippen LogP contribution in [0.5, 0.6) is 5.75 Å². The Kier molecular flexibility index (Phi) is 5.73.